The Bertz CT molecular complexity index is 511. The van der Waals surface area contributed by atoms with E-state index in [2.05, 4.69) is 0 Å². The Balaban J connectivity index is 2.84. The number of ether oxygens (including phenoxy) is 1. The summed E-state index contributed by atoms with van der Waals surface area (Å²) in [4.78, 5) is 0. The standard InChI is InChI=1S/C11H23NO5S2/c1-8(2)17-7-10(12(3)19(5,15)16)9-6-11(9)18(4,13)14/h8-11H,6-7H2,1-5H3. The lowest BCUT2D eigenvalue weighted by Crippen LogP contribution is -2.42. The van der Waals surface area contributed by atoms with Gasteiger partial charge in [0.15, 0.2) is 9.84 Å². The highest BCUT2D eigenvalue weighted by molar-refractivity contribution is 7.91. The number of hydrogen-bond acceptors (Lipinski definition) is 5. The molecule has 114 valence electrons. The first kappa shape index (κ1) is 16.9. The molecule has 0 aromatic heterocycles. The third-order valence-corrected chi connectivity index (χ3v) is 6.37. The third-order valence-electron chi connectivity index (χ3n) is 3.41. The summed E-state index contributed by atoms with van der Waals surface area (Å²) in [5, 5.41) is -0.447. The number of sulfonamides is 1. The Kier molecular flexibility index (Phi) is 5.03. The second-order valence-electron chi connectivity index (χ2n) is 5.50. The fourth-order valence-electron chi connectivity index (χ4n) is 2.12. The second-order valence-corrected chi connectivity index (χ2v) is 9.80. The van der Waals surface area contributed by atoms with E-state index in [1.807, 2.05) is 13.8 Å². The molecule has 0 bridgehead atoms. The zero-order valence-electron chi connectivity index (χ0n) is 12.0. The van der Waals surface area contributed by atoms with Crippen molar-refractivity contribution in [3.05, 3.63) is 0 Å². The fourth-order valence-corrected chi connectivity index (χ4v) is 4.22. The molecule has 1 saturated carbocycles. The van der Waals surface area contributed by atoms with Crippen molar-refractivity contribution < 1.29 is 21.6 Å². The summed E-state index contributed by atoms with van der Waals surface area (Å²) in [6, 6.07) is -0.419. The predicted molar refractivity (Wildman–Crippen MR) is 74.2 cm³/mol. The van der Waals surface area contributed by atoms with E-state index < -0.39 is 31.2 Å². The summed E-state index contributed by atoms with van der Waals surface area (Å²) < 4.78 is 53.0. The summed E-state index contributed by atoms with van der Waals surface area (Å²) in [6.45, 7) is 3.94. The molecule has 3 atom stereocenters. The van der Waals surface area contributed by atoms with Crippen molar-refractivity contribution in [1.82, 2.24) is 4.31 Å². The van der Waals surface area contributed by atoms with Crippen molar-refractivity contribution in [2.24, 2.45) is 5.92 Å². The smallest absolute Gasteiger partial charge is 0.211 e. The lowest BCUT2D eigenvalue weighted by Gasteiger charge is -2.27. The van der Waals surface area contributed by atoms with E-state index in [9.17, 15) is 16.8 Å². The zero-order chi connectivity index (χ0) is 15.0. The van der Waals surface area contributed by atoms with Crippen molar-refractivity contribution in [2.75, 3.05) is 26.2 Å². The molecule has 0 heterocycles. The highest BCUT2D eigenvalue weighted by Gasteiger charge is 2.51. The maximum Gasteiger partial charge on any atom is 0.211 e. The van der Waals surface area contributed by atoms with Crippen LogP contribution in [0.3, 0.4) is 0 Å². The van der Waals surface area contributed by atoms with Gasteiger partial charge in [0.1, 0.15) is 0 Å². The third kappa shape index (κ3) is 4.70. The topological polar surface area (TPSA) is 80.8 Å². The van der Waals surface area contributed by atoms with Gasteiger partial charge in [-0.15, -0.1) is 0 Å². The van der Waals surface area contributed by atoms with Gasteiger partial charge < -0.3 is 4.74 Å². The Labute approximate surface area is 116 Å². The van der Waals surface area contributed by atoms with Gasteiger partial charge in [-0.1, -0.05) is 0 Å². The van der Waals surface area contributed by atoms with Gasteiger partial charge >= 0.3 is 0 Å². The Hall–Kier alpha value is -0.180. The van der Waals surface area contributed by atoms with Crippen LogP contribution in [-0.2, 0) is 24.6 Å². The van der Waals surface area contributed by atoms with Gasteiger partial charge in [0.05, 0.1) is 30.3 Å². The first-order chi connectivity index (χ1) is 8.44. The summed E-state index contributed by atoms with van der Waals surface area (Å²) >= 11 is 0. The first-order valence-corrected chi connectivity index (χ1v) is 9.98. The van der Waals surface area contributed by atoms with Crippen LogP contribution in [0.5, 0.6) is 0 Å². The Morgan fingerprint density at radius 3 is 2.05 bits per heavy atom. The maximum atomic E-state index is 11.6. The molecule has 6 nitrogen and oxygen atoms in total. The summed E-state index contributed by atoms with van der Waals surface area (Å²) in [7, 11) is -5.01. The molecule has 0 spiro atoms. The number of rotatable bonds is 7. The van der Waals surface area contributed by atoms with Gasteiger partial charge in [0.25, 0.3) is 0 Å². The molecule has 1 fully saturated rings. The maximum absolute atomic E-state index is 11.6. The monoisotopic (exact) mass is 313 g/mol. The van der Waals surface area contributed by atoms with Crippen LogP contribution in [0.1, 0.15) is 20.3 Å². The minimum atomic E-state index is -3.37. The highest BCUT2D eigenvalue weighted by atomic mass is 32.2. The van der Waals surface area contributed by atoms with E-state index in [4.69, 9.17) is 4.74 Å². The predicted octanol–water partition coefficient (Wildman–Crippen LogP) is 0.105. The van der Waals surface area contributed by atoms with Crippen LogP contribution in [0.15, 0.2) is 0 Å². The molecule has 0 saturated heterocycles. The summed E-state index contributed by atoms with van der Waals surface area (Å²) in [6.07, 6.45) is 2.79. The van der Waals surface area contributed by atoms with Gasteiger partial charge in [0, 0.05) is 13.3 Å². The summed E-state index contributed by atoms with van der Waals surface area (Å²) in [5.74, 6) is -0.173. The molecule has 1 aliphatic rings. The molecule has 0 aromatic rings. The molecule has 1 rings (SSSR count). The van der Waals surface area contributed by atoms with E-state index in [0.717, 1.165) is 6.26 Å². The van der Waals surface area contributed by atoms with Crippen LogP contribution in [0.2, 0.25) is 0 Å². The molecule has 0 aliphatic heterocycles. The fraction of sp³-hybridized carbons (Fsp3) is 1.00. The zero-order valence-corrected chi connectivity index (χ0v) is 13.7. The Morgan fingerprint density at radius 1 is 1.21 bits per heavy atom. The number of nitrogens with zero attached hydrogens (tertiary/aromatic N) is 1. The molecule has 0 aromatic carbocycles. The van der Waals surface area contributed by atoms with Crippen LogP contribution in [0.4, 0.5) is 0 Å². The van der Waals surface area contributed by atoms with Crippen molar-refractivity contribution in [1.29, 1.82) is 0 Å². The van der Waals surface area contributed by atoms with E-state index >= 15 is 0 Å². The SMILES string of the molecule is CC(C)OCC(C1CC1S(C)(=O)=O)N(C)S(C)(=O)=O. The number of hydrogen-bond donors (Lipinski definition) is 0. The van der Waals surface area contributed by atoms with Crippen LogP contribution in [-0.4, -0.2) is 64.7 Å². The van der Waals surface area contributed by atoms with E-state index in [0.29, 0.717) is 6.42 Å². The average molecular weight is 313 g/mol. The second kappa shape index (κ2) is 5.67. The van der Waals surface area contributed by atoms with E-state index in [1.165, 1.54) is 17.6 Å². The Morgan fingerprint density at radius 2 is 1.74 bits per heavy atom. The largest absolute Gasteiger partial charge is 0.377 e. The van der Waals surface area contributed by atoms with E-state index in [-0.39, 0.29) is 18.6 Å². The van der Waals surface area contributed by atoms with Gasteiger partial charge in [-0.25, -0.2) is 16.8 Å². The van der Waals surface area contributed by atoms with Crippen molar-refractivity contribution >= 4 is 19.9 Å². The molecule has 8 heteroatoms. The van der Waals surface area contributed by atoms with Crippen LogP contribution in [0, 0.1) is 5.92 Å². The van der Waals surface area contributed by atoms with Crippen molar-refractivity contribution in [2.45, 2.75) is 37.7 Å². The van der Waals surface area contributed by atoms with Crippen molar-refractivity contribution in [3.63, 3.8) is 0 Å². The average Bonchev–Trinajstić information content (AvgIpc) is 2.95. The van der Waals surface area contributed by atoms with Gasteiger partial charge in [-0.2, -0.15) is 4.31 Å². The highest BCUT2D eigenvalue weighted by Crippen LogP contribution is 2.41. The van der Waals surface area contributed by atoms with Gasteiger partial charge in [0.2, 0.25) is 10.0 Å². The molecular weight excluding hydrogens is 290 g/mol. The first-order valence-electron chi connectivity index (χ1n) is 6.18. The van der Waals surface area contributed by atoms with Gasteiger partial charge in [-0.3, -0.25) is 0 Å². The van der Waals surface area contributed by atoms with Crippen LogP contribution >= 0.6 is 0 Å². The number of sulfone groups is 1. The lowest BCUT2D eigenvalue weighted by atomic mass is 10.2. The van der Waals surface area contributed by atoms with Crippen LogP contribution in [0.25, 0.3) is 0 Å². The normalized spacial score (nSPS) is 25.8. The molecule has 3 unspecified atom stereocenters. The molecule has 0 radical (unpaired) electrons. The molecule has 19 heavy (non-hydrogen) atoms. The minimum Gasteiger partial charge on any atom is -0.377 e. The van der Waals surface area contributed by atoms with Crippen LogP contribution < -0.4 is 0 Å². The molecule has 0 amide bonds. The molecular formula is C11H23NO5S2. The molecule has 1 aliphatic carbocycles. The lowest BCUT2D eigenvalue weighted by molar-refractivity contribution is 0.0433. The van der Waals surface area contributed by atoms with E-state index in [1.54, 1.807) is 0 Å². The summed E-state index contributed by atoms with van der Waals surface area (Å²) in [5.41, 5.74) is 0. The quantitative estimate of drug-likeness (QED) is 0.666. The van der Waals surface area contributed by atoms with Gasteiger partial charge in [-0.05, 0) is 26.2 Å². The van der Waals surface area contributed by atoms with Crippen molar-refractivity contribution in [3.8, 4) is 0 Å². The molecule has 0 N–H and O–H groups in total. The minimum absolute atomic E-state index is 0.0223. The number of likely N-dealkylation sites (N-methyl/N-ethyl adjacent to an activating group) is 1.